The summed E-state index contributed by atoms with van der Waals surface area (Å²) in [7, 11) is 0. The van der Waals surface area contributed by atoms with Crippen LogP contribution in [0.25, 0.3) is 0 Å². The van der Waals surface area contributed by atoms with Gasteiger partial charge in [-0.25, -0.2) is 0 Å². The molecule has 1 N–H and O–H groups in total. The highest BCUT2D eigenvalue weighted by atomic mass is 15.3. The largest absolute Gasteiger partial charge is 0.314 e. The first-order valence-corrected chi connectivity index (χ1v) is 9.05. The quantitative estimate of drug-likeness (QED) is 0.823. The maximum absolute atomic E-state index is 4.89. The molecule has 3 heteroatoms. The Morgan fingerprint density at radius 1 is 1.24 bits per heavy atom. The lowest BCUT2D eigenvalue weighted by Gasteiger charge is -2.24. The van der Waals surface area contributed by atoms with E-state index >= 15 is 0 Å². The van der Waals surface area contributed by atoms with Gasteiger partial charge >= 0.3 is 0 Å². The number of nitrogens with zero attached hydrogens (tertiary/aromatic N) is 2. The first kappa shape index (κ1) is 15.1. The van der Waals surface area contributed by atoms with E-state index in [1.165, 1.54) is 50.6 Å². The van der Waals surface area contributed by atoms with Gasteiger partial charge in [-0.15, -0.1) is 0 Å². The highest BCUT2D eigenvalue weighted by Gasteiger charge is 2.33. The fraction of sp³-hybridized carbons (Fsp3) is 0.833. The van der Waals surface area contributed by atoms with Crippen molar-refractivity contribution in [2.75, 3.05) is 6.54 Å². The van der Waals surface area contributed by atoms with Crippen LogP contribution < -0.4 is 5.32 Å². The lowest BCUT2D eigenvalue weighted by Crippen LogP contribution is -2.37. The van der Waals surface area contributed by atoms with Gasteiger partial charge in [0.25, 0.3) is 0 Å². The topological polar surface area (TPSA) is 29.9 Å². The van der Waals surface area contributed by atoms with Gasteiger partial charge in [0.1, 0.15) is 0 Å². The van der Waals surface area contributed by atoms with Gasteiger partial charge in [-0.3, -0.25) is 4.68 Å². The molecule has 2 aliphatic rings. The summed E-state index contributed by atoms with van der Waals surface area (Å²) in [5.41, 5.74) is 1.28. The van der Waals surface area contributed by atoms with Gasteiger partial charge in [-0.1, -0.05) is 33.1 Å². The molecule has 0 spiro atoms. The Kier molecular flexibility index (Phi) is 4.99. The van der Waals surface area contributed by atoms with Crippen LogP contribution in [-0.2, 0) is 6.42 Å². The van der Waals surface area contributed by atoms with Crippen LogP contribution in [0.1, 0.15) is 70.5 Å². The van der Waals surface area contributed by atoms with Crippen LogP contribution in [0.5, 0.6) is 0 Å². The van der Waals surface area contributed by atoms with E-state index in [9.17, 15) is 0 Å². The van der Waals surface area contributed by atoms with Gasteiger partial charge in [0.15, 0.2) is 0 Å². The predicted molar refractivity (Wildman–Crippen MR) is 87.4 cm³/mol. The van der Waals surface area contributed by atoms with Crippen LogP contribution in [0.3, 0.4) is 0 Å². The second-order valence-electron chi connectivity index (χ2n) is 7.14. The average molecular weight is 289 g/mol. The Balaban J connectivity index is 1.61. The zero-order valence-corrected chi connectivity index (χ0v) is 13.7. The molecule has 2 atom stereocenters. The molecule has 0 bridgehead atoms. The molecule has 2 saturated carbocycles. The van der Waals surface area contributed by atoms with Gasteiger partial charge in [0, 0.05) is 18.7 Å². The summed E-state index contributed by atoms with van der Waals surface area (Å²) >= 11 is 0. The number of hydrogen-bond donors (Lipinski definition) is 1. The number of aromatic nitrogens is 2. The first-order chi connectivity index (χ1) is 10.3. The Labute approximate surface area is 129 Å². The molecular formula is C18H31N3. The normalized spacial score (nSPS) is 23.1. The second-order valence-corrected chi connectivity index (χ2v) is 7.14. The van der Waals surface area contributed by atoms with Crippen LogP contribution in [0, 0.1) is 11.8 Å². The molecule has 2 unspecified atom stereocenters. The van der Waals surface area contributed by atoms with Crippen molar-refractivity contribution in [3.63, 3.8) is 0 Å². The summed E-state index contributed by atoms with van der Waals surface area (Å²) in [5, 5.41) is 8.59. The van der Waals surface area contributed by atoms with Crippen molar-refractivity contribution < 1.29 is 0 Å². The van der Waals surface area contributed by atoms with Crippen LogP contribution >= 0.6 is 0 Å². The number of nitrogens with one attached hydrogen (secondary N) is 1. The smallest absolute Gasteiger partial charge is 0.0640 e. The molecule has 1 aromatic heterocycles. The van der Waals surface area contributed by atoms with Gasteiger partial charge in [0.05, 0.1) is 11.7 Å². The lowest BCUT2D eigenvalue weighted by molar-refractivity contribution is 0.321. The van der Waals surface area contributed by atoms with Crippen molar-refractivity contribution in [1.82, 2.24) is 15.1 Å². The van der Waals surface area contributed by atoms with Crippen molar-refractivity contribution in [2.45, 2.75) is 77.3 Å². The van der Waals surface area contributed by atoms with E-state index in [4.69, 9.17) is 5.10 Å². The third-order valence-electron chi connectivity index (χ3n) is 5.51. The van der Waals surface area contributed by atoms with E-state index in [2.05, 4.69) is 36.1 Å². The van der Waals surface area contributed by atoms with Crippen molar-refractivity contribution in [1.29, 1.82) is 0 Å². The van der Waals surface area contributed by atoms with Crippen molar-refractivity contribution in [2.24, 2.45) is 11.8 Å². The number of likely N-dealkylation sites (N-methyl/N-ethyl adjacent to an activating group) is 1. The molecule has 2 fully saturated rings. The molecular weight excluding hydrogens is 258 g/mol. The van der Waals surface area contributed by atoms with Crippen LogP contribution in [0.2, 0.25) is 0 Å². The predicted octanol–water partition coefficient (Wildman–Crippen LogP) is 3.96. The van der Waals surface area contributed by atoms with E-state index in [0.29, 0.717) is 12.1 Å². The molecule has 0 radical (unpaired) electrons. The molecule has 3 nitrogen and oxygen atoms in total. The standard InChI is InChI=1S/C18H31N3/c1-3-19-18(14(2)15-9-10-15)13-16-11-12-21(20-16)17-7-5-4-6-8-17/h11-12,14-15,17-19H,3-10,13H2,1-2H3. The maximum Gasteiger partial charge on any atom is 0.0640 e. The van der Waals surface area contributed by atoms with E-state index in [-0.39, 0.29) is 0 Å². The molecule has 2 aliphatic carbocycles. The number of rotatable bonds is 7. The zero-order valence-electron chi connectivity index (χ0n) is 13.7. The molecule has 1 heterocycles. The SMILES string of the molecule is CCNC(Cc1ccn(C2CCCCC2)n1)C(C)C1CC1. The summed E-state index contributed by atoms with van der Waals surface area (Å²) in [6.07, 6.45) is 13.0. The Morgan fingerprint density at radius 2 is 2.00 bits per heavy atom. The summed E-state index contributed by atoms with van der Waals surface area (Å²) in [5.74, 6) is 1.74. The molecule has 0 aromatic carbocycles. The van der Waals surface area contributed by atoms with E-state index in [1.807, 2.05) is 0 Å². The minimum atomic E-state index is 0.595. The van der Waals surface area contributed by atoms with Crippen molar-refractivity contribution >= 4 is 0 Å². The van der Waals surface area contributed by atoms with Crippen LogP contribution in [0.15, 0.2) is 12.3 Å². The fourth-order valence-corrected chi connectivity index (χ4v) is 3.92. The number of hydrogen-bond acceptors (Lipinski definition) is 2. The third-order valence-corrected chi connectivity index (χ3v) is 5.51. The molecule has 21 heavy (non-hydrogen) atoms. The zero-order chi connectivity index (χ0) is 14.7. The molecule has 118 valence electrons. The lowest BCUT2D eigenvalue weighted by atomic mass is 9.93. The van der Waals surface area contributed by atoms with E-state index in [1.54, 1.807) is 0 Å². The van der Waals surface area contributed by atoms with E-state index in [0.717, 1.165) is 24.8 Å². The van der Waals surface area contributed by atoms with Gasteiger partial charge in [-0.2, -0.15) is 5.10 Å². The molecule has 1 aromatic rings. The first-order valence-electron chi connectivity index (χ1n) is 9.05. The van der Waals surface area contributed by atoms with Crippen molar-refractivity contribution in [3.8, 4) is 0 Å². The van der Waals surface area contributed by atoms with Gasteiger partial charge in [0.2, 0.25) is 0 Å². The molecule has 0 aliphatic heterocycles. The average Bonchev–Trinajstić information content (AvgIpc) is 3.26. The maximum atomic E-state index is 4.89. The van der Waals surface area contributed by atoms with Gasteiger partial charge < -0.3 is 5.32 Å². The van der Waals surface area contributed by atoms with E-state index < -0.39 is 0 Å². The highest BCUT2D eigenvalue weighted by molar-refractivity contribution is 5.04. The summed E-state index contributed by atoms with van der Waals surface area (Å²) in [4.78, 5) is 0. The molecule has 3 rings (SSSR count). The summed E-state index contributed by atoms with van der Waals surface area (Å²) in [6.45, 7) is 5.70. The minimum Gasteiger partial charge on any atom is -0.314 e. The minimum absolute atomic E-state index is 0.595. The summed E-state index contributed by atoms with van der Waals surface area (Å²) in [6, 6.07) is 3.50. The van der Waals surface area contributed by atoms with Crippen molar-refractivity contribution in [3.05, 3.63) is 18.0 Å². The van der Waals surface area contributed by atoms with Crippen LogP contribution in [0.4, 0.5) is 0 Å². The summed E-state index contributed by atoms with van der Waals surface area (Å²) < 4.78 is 2.25. The fourth-order valence-electron chi connectivity index (χ4n) is 3.92. The van der Waals surface area contributed by atoms with Crippen LogP contribution in [-0.4, -0.2) is 22.4 Å². The Morgan fingerprint density at radius 3 is 2.67 bits per heavy atom. The second kappa shape index (κ2) is 6.95. The third kappa shape index (κ3) is 3.88. The van der Waals surface area contributed by atoms with Gasteiger partial charge in [-0.05, 0) is 50.1 Å². The Bertz CT molecular complexity index is 429. The monoisotopic (exact) mass is 289 g/mol. The highest BCUT2D eigenvalue weighted by Crippen LogP contribution is 2.38. The Hall–Kier alpha value is -0.830. The molecule has 0 saturated heterocycles. The molecule has 0 amide bonds.